The minimum Gasteiger partial charge on any atom is -0.326 e. The second-order valence-corrected chi connectivity index (χ2v) is 8.10. The van der Waals surface area contributed by atoms with Crippen LogP contribution in [0.5, 0.6) is 0 Å². The molecule has 1 aliphatic rings. The Morgan fingerprint density at radius 2 is 1.92 bits per heavy atom. The highest BCUT2D eigenvalue weighted by Gasteiger charge is 2.36. The predicted molar refractivity (Wildman–Crippen MR) is 109 cm³/mol. The van der Waals surface area contributed by atoms with Crippen molar-refractivity contribution in [2.45, 2.75) is 20.3 Å². The molecular formula is C19H17BrCl2N2O2. The number of aryl methyl sites for hydroxylation is 2. The molecule has 0 radical (unpaired) electrons. The Labute approximate surface area is 170 Å². The number of hydrogen-bond donors (Lipinski definition) is 1. The largest absolute Gasteiger partial charge is 0.326 e. The Morgan fingerprint density at radius 3 is 2.65 bits per heavy atom. The zero-order chi connectivity index (χ0) is 19.0. The zero-order valence-corrected chi connectivity index (χ0v) is 17.4. The van der Waals surface area contributed by atoms with Crippen LogP contribution in [0.1, 0.15) is 17.5 Å². The number of amides is 2. The van der Waals surface area contributed by atoms with Crippen molar-refractivity contribution in [2.24, 2.45) is 5.92 Å². The summed E-state index contributed by atoms with van der Waals surface area (Å²) >= 11 is 15.7. The molecular weight excluding hydrogens is 439 g/mol. The molecule has 1 heterocycles. The lowest BCUT2D eigenvalue weighted by Crippen LogP contribution is -2.28. The molecule has 4 nitrogen and oxygen atoms in total. The highest BCUT2D eigenvalue weighted by molar-refractivity contribution is 9.10. The van der Waals surface area contributed by atoms with E-state index in [0.29, 0.717) is 15.7 Å². The van der Waals surface area contributed by atoms with Crippen LogP contribution in [0.2, 0.25) is 10.0 Å². The van der Waals surface area contributed by atoms with Crippen molar-refractivity contribution in [1.29, 1.82) is 0 Å². The molecule has 1 N–H and O–H groups in total. The molecule has 26 heavy (non-hydrogen) atoms. The molecule has 1 aliphatic heterocycles. The minimum absolute atomic E-state index is 0.141. The van der Waals surface area contributed by atoms with Gasteiger partial charge < -0.3 is 10.2 Å². The van der Waals surface area contributed by atoms with Gasteiger partial charge in [0.15, 0.2) is 0 Å². The number of anilines is 2. The number of benzene rings is 2. The molecule has 0 bridgehead atoms. The minimum atomic E-state index is -0.444. The van der Waals surface area contributed by atoms with Crippen LogP contribution in [0.4, 0.5) is 11.4 Å². The Kier molecular flexibility index (Phi) is 5.61. The standard InChI is InChI=1S/C19H17BrCl2N2O2/c1-10-6-16(11(2)5-14(10)20)23-19(26)12-7-18(25)24(9-12)17-8-13(21)3-4-15(17)22/h3-6,8,12H,7,9H2,1-2H3,(H,23,26)/t12-/m0/s1. The first-order chi connectivity index (χ1) is 12.3. The van der Waals surface area contributed by atoms with Gasteiger partial charge in [0, 0.05) is 28.1 Å². The lowest BCUT2D eigenvalue weighted by Gasteiger charge is -2.19. The first kappa shape index (κ1) is 19.2. The van der Waals surface area contributed by atoms with Crippen LogP contribution in [0.3, 0.4) is 0 Å². The summed E-state index contributed by atoms with van der Waals surface area (Å²) in [6.07, 6.45) is 0.142. The summed E-state index contributed by atoms with van der Waals surface area (Å²) in [5.74, 6) is -0.761. The van der Waals surface area contributed by atoms with Crippen molar-refractivity contribution >= 4 is 62.3 Å². The number of carbonyl (C=O) groups excluding carboxylic acids is 2. The van der Waals surface area contributed by atoms with E-state index in [1.165, 1.54) is 4.90 Å². The van der Waals surface area contributed by atoms with Gasteiger partial charge in [0.1, 0.15) is 0 Å². The smallest absolute Gasteiger partial charge is 0.229 e. The molecule has 0 aliphatic carbocycles. The van der Waals surface area contributed by atoms with Crippen molar-refractivity contribution in [3.8, 4) is 0 Å². The normalized spacial score (nSPS) is 16.9. The highest BCUT2D eigenvalue weighted by atomic mass is 79.9. The number of hydrogen-bond acceptors (Lipinski definition) is 2. The summed E-state index contributed by atoms with van der Waals surface area (Å²) in [6.45, 7) is 4.16. The molecule has 136 valence electrons. The highest BCUT2D eigenvalue weighted by Crippen LogP contribution is 2.34. The first-order valence-corrected chi connectivity index (χ1v) is 9.64. The average molecular weight is 456 g/mol. The molecule has 1 saturated heterocycles. The third-order valence-corrected chi connectivity index (χ3v) is 5.87. The molecule has 7 heteroatoms. The van der Waals surface area contributed by atoms with Crippen molar-refractivity contribution < 1.29 is 9.59 Å². The summed E-state index contributed by atoms with van der Waals surface area (Å²) in [6, 6.07) is 8.83. The lowest BCUT2D eigenvalue weighted by atomic mass is 10.1. The molecule has 0 spiro atoms. The lowest BCUT2D eigenvalue weighted by molar-refractivity contribution is -0.122. The van der Waals surface area contributed by atoms with Crippen molar-refractivity contribution in [3.05, 3.63) is 56.0 Å². The van der Waals surface area contributed by atoms with E-state index in [0.717, 1.165) is 21.3 Å². The van der Waals surface area contributed by atoms with Crippen LogP contribution in [0.25, 0.3) is 0 Å². The van der Waals surface area contributed by atoms with Crippen LogP contribution in [0.15, 0.2) is 34.8 Å². The van der Waals surface area contributed by atoms with E-state index in [-0.39, 0.29) is 24.8 Å². The number of rotatable bonds is 3. The van der Waals surface area contributed by atoms with E-state index in [9.17, 15) is 9.59 Å². The van der Waals surface area contributed by atoms with Crippen molar-refractivity contribution in [2.75, 3.05) is 16.8 Å². The Morgan fingerprint density at radius 1 is 1.19 bits per heavy atom. The average Bonchev–Trinajstić information content (AvgIpc) is 2.96. The third-order valence-electron chi connectivity index (χ3n) is 4.46. The molecule has 1 atom stereocenters. The van der Waals surface area contributed by atoms with Gasteiger partial charge in [-0.15, -0.1) is 0 Å². The fourth-order valence-corrected chi connectivity index (χ4v) is 3.80. The number of nitrogens with one attached hydrogen (secondary N) is 1. The summed E-state index contributed by atoms with van der Waals surface area (Å²) in [5.41, 5.74) is 3.27. The van der Waals surface area contributed by atoms with E-state index < -0.39 is 5.92 Å². The first-order valence-electron chi connectivity index (χ1n) is 8.09. The van der Waals surface area contributed by atoms with Gasteiger partial charge in [-0.25, -0.2) is 0 Å². The Bertz CT molecular complexity index is 901. The second kappa shape index (κ2) is 7.59. The molecule has 3 rings (SSSR count). The van der Waals surface area contributed by atoms with Gasteiger partial charge in [-0.3, -0.25) is 9.59 Å². The molecule has 0 unspecified atom stereocenters. The van der Waals surface area contributed by atoms with E-state index in [4.69, 9.17) is 23.2 Å². The third kappa shape index (κ3) is 3.90. The van der Waals surface area contributed by atoms with Gasteiger partial charge >= 0.3 is 0 Å². The van der Waals surface area contributed by atoms with Crippen LogP contribution in [-0.4, -0.2) is 18.4 Å². The van der Waals surface area contributed by atoms with Gasteiger partial charge in [0.25, 0.3) is 0 Å². The van der Waals surface area contributed by atoms with Crippen molar-refractivity contribution in [1.82, 2.24) is 0 Å². The maximum atomic E-state index is 12.7. The zero-order valence-electron chi connectivity index (χ0n) is 14.3. The molecule has 0 saturated carbocycles. The number of carbonyl (C=O) groups is 2. The van der Waals surface area contributed by atoms with Crippen LogP contribution in [0, 0.1) is 19.8 Å². The summed E-state index contributed by atoms with van der Waals surface area (Å²) in [4.78, 5) is 26.6. The molecule has 0 aromatic heterocycles. The molecule has 2 aromatic rings. The second-order valence-electron chi connectivity index (χ2n) is 6.41. The van der Waals surface area contributed by atoms with E-state index in [1.54, 1.807) is 18.2 Å². The van der Waals surface area contributed by atoms with Crippen molar-refractivity contribution in [3.63, 3.8) is 0 Å². The summed E-state index contributed by atoms with van der Waals surface area (Å²) in [7, 11) is 0. The van der Waals surface area contributed by atoms with Gasteiger partial charge in [-0.2, -0.15) is 0 Å². The monoisotopic (exact) mass is 454 g/mol. The molecule has 2 aromatic carbocycles. The Hall–Kier alpha value is -1.56. The number of halogens is 3. The van der Waals surface area contributed by atoms with Gasteiger partial charge in [0.05, 0.1) is 16.6 Å². The quantitative estimate of drug-likeness (QED) is 0.676. The topological polar surface area (TPSA) is 49.4 Å². The fourth-order valence-electron chi connectivity index (χ4n) is 2.96. The van der Waals surface area contributed by atoms with Gasteiger partial charge in [0.2, 0.25) is 11.8 Å². The fraction of sp³-hybridized carbons (Fsp3) is 0.263. The van der Waals surface area contributed by atoms with Gasteiger partial charge in [-0.05, 0) is 55.3 Å². The maximum Gasteiger partial charge on any atom is 0.229 e. The predicted octanol–water partition coefficient (Wildman–Crippen LogP) is 5.36. The van der Waals surface area contributed by atoms with Gasteiger partial charge in [-0.1, -0.05) is 39.1 Å². The van der Waals surface area contributed by atoms with E-state index in [1.807, 2.05) is 26.0 Å². The summed E-state index contributed by atoms with van der Waals surface area (Å²) in [5, 5.41) is 3.87. The summed E-state index contributed by atoms with van der Waals surface area (Å²) < 4.78 is 0.991. The van der Waals surface area contributed by atoms with E-state index in [2.05, 4.69) is 21.2 Å². The number of nitrogens with zero attached hydrogens (tertiary/aromatic N) is 1. The maximum absolute atomic E-state index is 12.7. The molecule has 2 amide bonds. The van der Waals surface area contributed by atoms with E-state index >= 15 is 0 Å². The SMILES string of the molecule is Cc1cc(NC(=O)[C@H]2CC(=O)N(c3cc(Cl)ccc3Cl)C2)c(C)cc1Br. The van der Waals surface area contributed by atoms with Crippen LogP contribution in [-0.2, 0) is 9.59 Å². The molecule has 1 fully saturated rings. The van der Waals surface area contributed by atoms with Crippen LogP contribution >= 0.6 is 39.1 Å². The van der Waals surface area contributed by atoms with Crippen LogP contribution < -0.4 is 10.2 Å². The Balaban J connectivity index is 1.77.